The van der Waals surface area contributed by atoms with Crippen LogP contribution in [0.25, 0.3) is 0 Å². The van der Waals surface area contributed by atoms with Crippen LogP contribution < -0.4 is 10.6 Å². The number of amides is 1. The average Bonchev–Trinajstić information content (AvgIpc) is 2.70. The van der Waals surface area contributed by atoms with Crippen LogP contribution in [0.1, 0.15) is 31.6 Å². The number of nitrogens with one attached hydrogen (secondary N) is 3. The molecule has 5 heteroatoms. The van der Waals surface area contributed by atoms with Crippen molar-refractivity contribution in [2.75, 3.05) is 13.6 Å². The number of hydrogen-bond donors (Lipinski definition) is 3. The quantitative estimate of drug-likeness (QED) is 0.602. The van der Waals surface area contributed by atoms with Crippen molar-refractivity contribution in [3.8, 4) is 0 Å². The number of H-pyrrole nitrogens is 1. The third-order valence-electron chi connectivity index (χ3n) is 2.14. The minimum absolute atomic E-state index is 0.0536. The first kappa shape index (κ1) is 11.7. The van der Waals surface area contributed by atoms with Crippen LogP contribution >= 0.6 is 0 Å². The number of aromatic nitrogens is 2. The number of carbonyl (C=O) groups excluding carboxylic acids is 1. The van der Waals surface area contributed by atoms with Gasteiger partial charge in [0.25, 0.3) is 0 Å². The van der Waals surface area contributed by atoms with Gasteiger partial charge in [0.15, 0.2) is 0 Å². The smallest absolute Gasteiger partial charge is 0.220 e. The fraction of sp³-hybridized carbons (Fsp3) is 0.600. The molecule has 1 unspecified atom stereocenters. The SMILES string of the molecule is CNCCCC(=O)NC(C)c1ncc[nH]1. The molecule has 0 aliphatic heterocycles. The van der Waals surface area contributed by atoms with Gasteiger partial charge in [-0.15, -0.1) is 0 Å². The first-order chi connectivity index (χ1) is 7.24. The number of imidazole rings is 1. The topological polar surface area (TPSA) is 69.8 Å². The van der Waals surface area contributed by atoms with Crippen molar-refractivity contribution in [1.29, 1.82) is 0 Å². The molecule has 0 radical (unpaired) electrons. The van der Waals surface area contributed by atoms with Gasteiger partial charge < -0.3 is 15.6 Å². The highest BCUT2D eigenvalue weighted by molar-refractivity contribution is 5.76. The van der Waals surface area contributed by atoms with E-state index in [0.29, 0.717) is 6.42 Å². The molecule has 0 fully saturated rings. The Bertz CT molecular complexity index is 284. The first-order valence-corrected chi connectivity index (χ1v) is 5.17. The first-order valence-electron chi connectivity index (χ1n) is 5.17. The molecule has 0 saturated carbocycles. The van der Waals surface area contributed by atoms with E-state index in [1.807, 2.05) is 14.0 Å². The predicted molar refractivity (Wildman–Crippen MR) is 58.3 cm³/mol. The standard InChI is InChI=1S/C10H18N4O/c1-8(10-12-6-7-13-10)14-9(15)4-3-5-11-2/h6-8,11H,3-5H2,1-2H3,(H,12,13)(H,14,15). The second-order valence-corrected chi connectivity index (χ2v) is 3.47. The minimum Gasteiger partial charge on any atom is -0.347 e. The third-order valence-corrected chi connectivity index (χ3v) is 2.14. The van der Waals surface area contributed by atoms with Gasteiger partial charge >= 0.3 is 0 Å². The Hall–Kier alpha value is -1.36. The molecular weight excluding hydrogens is 192 g/mol. The van der Waals surface area contributed by atoms with E-state index < -0.39 is 0 Å². The fourth-order valence-electron chi connectivity index (χ4n) is 1.32. The summed E-state index contributed by atoms with van der Waals surface area (Å²) in [5, 5.41) is 5.89. The van der Waals surface area contributed by atoms with Crippen LogP contribution in [0.5, 0.6) is 0 Å². The van der Waals surface area contributed by atoms with Gasteiger partial charge in [0.1, 0.15) is 5.82 Å². The Morgan fingerprint density at radius 2 is 2.47 bits per heavy atom. The Morgan fingerprint density at radius 1 is 1.67 bits per heavy atom. The molecule has 1 atom stereocenters. The zero-order valence-corrected chi connectivity index (χ0v) is 9.21. The fourth-order valence-corrected chi connectivity index (χ4v) is 1.32. The van der Waals surface area contributed by atoms with Crippen LogP contribution in [-0.2, 0) is 4.79 Å². The normalized spacial score (nSPS) is 12.4. The van der Waals surface area contributed by atoms with Crippen molar-refractivity contribution in [1.82, 2.24) is 20.6 Å². The van der Waals surface area contributed by atoms with Gasteiger partial charge in [-0.25, -0.2) is 4.98 Å². The van der Waals surface area contributed by atoms with Crippen LogP contribution in [0.15, 0.2) is 12.4 Å². The Morgan fingerprint density at radius 3 is 3.07 bits per heavy atom. The molecule has 1 amide bonds. The summed E-state index contributed by atoms with van der Waals surface area (Å²) < 4.78 is 0. The summed E-state index contributed by atoms with van der Waals surface area (Å²) in [6.07, 6.45) is 4.83. The Labute approximate surface area is 89.7 Å². The van der Waals surface area contributed by atoms with Gasteiger partial charge in [0.2, 0.25) is 5.91 Å². The maximum absolute atomic E-state index is 11.4. The highest BCUT2D eigenvalue weighted by Crippen LogP contribution is 2.05. The van der Waals surface area contributed by atoms with E-state index in [1.54, 1.807) is 12.4 Å². The lowest BCUT2D eigenvalue weighted by molar-refractivity contribution is -0.121. The third kappa shape index (κ3) is 4.12. The second kappa shape index (κ2) is 6.19. The molecule has 1 rings (SSSR count). The van der Waals surface area contributed by atoms with E-state index in [4.69, 9.17) is 0 Å². The van der Waals surface area contributed by atoms with Crippen molar-refractivity contribution >= 4 is 5.91 Å². The van der Waals surface area contributed by atoms with Gasteiger partial charge in [0.05, 0.1) is 6.04 Å². The highest BCUT2D eigenvalue weighted by atomic mass is 16.1. The molecule has 1 aromatic rings. The van der Waals surface area contributed by atoms with E-state index >= 15 is 0 Å². The van der Waals surface area contributed by atoms with Gasteiger partial charge in [-0.05, 0) is 26.9 Å². The van der Waals surface area contributed by atoms with E-state index in [1.165, 1.54) is 0 Å². The van der Waals surface area contributed by atoms with Crippen LogP contribution in [-0.4, -0.2) is 29.5 Å². The molecule has 5 nitrogen and oxygen atoms in total. The van der Waals surface area contributed by atoms with Crippen LogP contribution in [0.4, 0.5) is 0 Å². The maximum atomic E-state index is 11.4. The molecule has 0 aromatic carbocycles. The largest absolute Gasteiger partial charge is 0.347 e. The highest BCUT2D eigenvalue weighted by Gasteiger charge is 2.10. The van der Waals surface area contributed by atoms with Crippen molar-refractivity contribution in [2.24, 2.45) is 0 Å². The Kier molecular flexibility index (Phi) is 4.83. The molecule has 0 saturated heterocycles. The number of aromatic amines is 1. The molecule has 84 valence electrons. The van der Waals surface area contributed by atoms with Gasteiger partial charge in [-0.2, -0.15) is 0 Å². The lowest BCUT2D eigenvalue weighted by Crippen LogP contribution is -2.27. The molecule has 15 heavy (non-hydrogen) atoms. The maximum Gasteiger partial charge on any atom is 0.220 e. The summed E-state index contributed by atoms with van der Waals surface area (Å²) in [6, 6.07) is -0.0536. The molecule has 1 heterocycles. The van der Waals surface area contributed by atoms with E-state index in [2.05, 4.69) is 20.6 Å². The van der Waals surface area contributed by atoms with E-state index in [0.717, 1.165) is 18.8 Å². The van der Waals surface area contributed by atoms with Crippen LogP contribution in [0, 0.1) is 0 Å². The zero-order chi connectivity index (χ0) is 11.1. The predicted octanol–water partition coefficient (Wildman–Crippen LogP) is 0.586. The molecule has 0 aliphatic carbocycles. The average molecular weight is 210 g/mol. The zero-order valence-electron chi connectivity index (χ0n) is 9.21. The molecule has 0 aliphatic rings. The summed E-state index contributed by atoms with van der Waals surface area (Å²) in [4.78, 5) is 18.5. The monoisotopic (exact) mass is 210 g/mol. The van der Waals surface area contributed by atoms with Gasteiger partial charge in [0, 0.05) is 18.8 Å². The summed E-state index contributed by atoms with van der Waals surface area (Å²) in [7, 11) is 1.88. The Balaban J connectivity index is 2.26. The minimum atomic E-state index is -0.0536. The van der Waals surface area contributed by atoms with Crippen molar-refractivity contribution < 1.29 is 4.79 Å². The summed E-state index contributed by atoms with van der Waals surface area (Å²) in [5.74, 6) is 0.853. The van der Waals surface area contributed by atoms with Crippen molar-refractivity contribution in [2.45, 2.75) is 25.8 Å². The molecule has 0 bridgehead atoms. The van der Waals surface area contributed by atoms with Crippen LogP contribution in [0.2, 0.25) is 0 Å². The van der Waals surface area contributed by atoms with Gasteiger partial charge in [-0.3, -0.25) is 4.79 Å². The lowest BCUT2D eigenvalue weighted by atomic mass is 10.2. The van der Waals surface area contributed by atoms with E-state index in [-0.39, 0.29) is 11.9 Å². The van der Waals surface area contributed by atoms with Crippen molar-refractivity contribution in [3.63, 3.8) is 0 Å². The molecular formula is C10H18N4O. The number of carbonyl (C=O) groups is 1. The lowest BCUT2D eigenvalue weighted by Gasteiger charge is -2.11. The summed E-state index contributed by atoms with van der Waals surface area (Å²) in [6.45, 7) is 2.78. The number of hydrogen-bond acceptors (Lipinski definition) is 3. The molecule has 3 N–H and O–H groups in total. The number of rotatable bonds is 6. The summed E-state index contributed by atoms with van der Waals surface area (Å²) in [5.41, 5.74) is 0. The van der Waals surface area contributed by atoms with Crippen molar-refractivity contribution in [3.05, 3.63) is 18.2 Å². The second-order valence-electron chi connectivity index (χ2n) is 3.47. The van der Waals surface area contributed by atoms with Gasteiger partial charge in [-0.1, -0.05) is 0 Å². The molecule has 0 spiro atoms. The molecule has 1 aromatic heterocycles. The number of nitrogens with zero attached hydrogens (tertiary/aromatic N) is 1. The van der Waals surface area contributed by atoms with Crippen LogP contribution in [0.3, 0.4) is 0 Å². The summed E-state index contributed by atoms with van der Waals surface area (Å²) >= 11 is 0. The van der Waals surface area contributed by atoms with E-state index in [9.17, 15) is 4.79 Å².